The summed E-state index contributed by atoms with van der Waals surface area (Å²) >= 11 is 0. The molecule has 0 atom stereocenters. The molecule has 0 spiro atoms. The minimum atomic E-state index is -0.778. The van der Waals surface area contributed by atoms with Gasteiger partial charge in [0.25, 0.3) is 0 Å². The molecule has 0 aromatic carbocycles. The van der Waals surface area contributed by atoms with Crippen molar-refractivity contribution in [1.29, 1.82) is 0 Å². The van der Waals surface area contributed by atoms with Crippen molar-refractivity contribution in [1.82, 2.24) is 0 Å². The molecule has 4 heteroatoms. The van der Waals surface area contributed by atoms with E-state index < -0.39 is 11.9 Å². The SMILES string of the molecule is C=CC(=O)OC(=C)C(=O)OC. The minimum absolute atomic E-state index is 0.350. The molecule has 0 saturated carbocycles. The lowest BCUT2D eigenvalue weighted by Crippen LogP contribution is -2.10. The monoisotopic (exact) mass is 156 g/mol. The van der Waals surface area contributed by atoms with Crippen LogP contribution in [-0.2, 0) is 19.1 Å². The summed E-state index contributed by atoms with van der Waals surface area (Å²) in [5.41, 5.74) is 0. The number of hydrogen-bond acceptors (Lipinski definition) is 4. The van der Waals surface area contributed by atoms with Gasteiger partial charge in [0.1, 0.15) is 0 Å². The molecular formula is C7H8O4. The number of rotatable bonds is 3. The van der Waals surface area contributed by atoms with E-state index in [-0.39, 0.29) is 5.76 Å². The van der Waals surface area contributed by atoms with Gasteiger partial charge in [-0.05, 0) is 6.58 Å². The largest absolute Gasteiger partial charge is 0.463 e. The van der Waals surface area contributed by atoms with Gasteiger partial charge in [-0.25, -0.2) is 9.59 Å². The van der Waals surface area contributed by atoms with Crippen molar-refractivity contribution in [3.8, 4) is 0 Å². The van der Waals surface area contributed by atoms with Crippen LogP contribution < -0.4 is 0 Å². The minimum Gasteiger partial charge on any atom is -0.463 e. The van der Waals surface area contributed by atoms with E-state index in [1.165, 1.54) is 0 Å². The van der Waals surface area contributed by atoms with Gasteiger partial charge in [0.15, 0.2) is 0 Å². The zero-order chi connectivity index (χ0) is 8.85. The number of esters is 2. The Bertz CT molecular complexity index is 204. The van der Waals surface area contributed by atoms with E-state index in [0.29, 0.717) is 0 Å². The van der Waals surface area contributed by atoms with Gasteiger partial charge in [-0.15, -0.1) is 0 Å². The molecule has 0 amide bonds. The topological polar surface area (TPSA) is 52.6 Å². The van der Waals surface area contributed by atoms with Crippen LogP contribution in [0.15, 0.2) is 25.0 Å². The maximum atomic E-state index is 10.5. The summed E-state index contributed by atoms with van der Waals surface area (Å²) in [7, 11) is 1.16. The van der Waals surface area contributed by atoms with E-state index in [2.05, 4.69) is 22.6 Å². The summed E-state index contributed by atoms with van der Waals surface area (Å²) in [5, 5.41) is 0. The Morgan fingerprint density at radius 3 is 2.36 bits per heavy atom. The summed E-state index contributed by atoms with van der Waals surface area (Å²) in [4.78, 5) is 21.0. The first-order valence-electron chi connectivity index (χ1n) is 2.73. The van der Waals surface area contributed by atoms with Crippen LogP contribution in [0.5, 0.6) is 0 Å². The van der Waals surface area contributed by atoms with Gasteiger partial charge in [-0.2, -0.15) is 0 Å². The smallest absolute Gasteiger partial charge is 0.373 e. The van der Waals surface area contributed by atoms with E-state index >= 15 is 0 Å². The zero-order valence-electron chi connectivity index (χ0n) is 6.12. The third-order valence-electron chi connectivity index (χ3n) is 0.804. The second kappa shape index (κ2) is 4.27. The van der Waals surface area contributed by atoms with E-state index in [0.717, 1.165) is 13.2 Å². The number of hydrogen-bond donors (Lipinski definition) is 0. The Morgan fingerprint density at radius 2 is 2.00 bits per heavy atom. The van der Waals surface area contributed by atoms with E-state index in [4.69, 9.17) is 0 Å². The third kappa shape index (κ3) is 3.20. The highest BCUT2D eigenvalue weighted by Gasteiger charge is 2.10. The highest BCUT2D eigenvalue weighted by molar-refractivity contribution is 5.91. The maximum Gasteiger partial charge on any atom is 0.373 e. The van der Waals surface area contributed by atoms with Crippen LogP contribution in [0.25, 0.3) is 0 Å². The molecule has 0 aromatic rings. The average molecular weight is 156 g/mol. The molecule has 0 aromatic heterocycles. The number of ether oxygens (including phenoxy) is 2. The second-order valence-electron chi connectivity index (χ2n) is 1.54. The molecule has 60 valence electrons. The van der Waals surface area contributed by atoms with Crippen LogP contribution in [0.4, 0.5) is 0 Å². The van der Waals surface area contributed by atoms with Gasteiger partial charge >= 0.3 is 11.9 Å². The molecule has 0 heterocycles. The van der Waals surface area contributed by atoms with Crippen molar-refractivity contribution in [3.63, 3.8) is 0 Å². The predicted molar refractivity (Wildman–Crippen MR) is 37.4 cm³/mol. The second-order valence-corrected chi connectivity index (χ2v) is 1.54. The van der Waals surface area contributed by atoms with Crippen LogP contribution in [-0.4, -0.2) is 19.0 Å². The summed E-state index contributed by atoms with van der Waals surface area (Å²) in [6.45, 7) is 6.28. The van der Waals surface area contributed by atoms with Crippen molar-refractivity contribution in [2.24, 2.45) is 0 Å². The summed E-state index contributed by atoms with van der Waals surface area (Å²) in [6.07, 6.45) is 0.925. The lowest BCUT2D eigenvalue weighted by Gasteiger charge is -2.00. The summed E-state index contributed by atoms with van der Waals surface area (Å²) in [6, 6.07) is 0. The van der Waals surface area contributed by atoms with Gasteiger partial charge in [0, 0.05) is 6.08 Å². The van der Waals surface area contributed by atoms with Crippen LogP contribution in [0.3, 0.4) is 0 Å². The maximum absolute atomic E-state index is 10.5. The van der Waals surface area contributed by atoms with Crippen LogP contribution in [0.1, 0.15) is 0 Å². The number of carbonyl (C=O) groups excluding carboxylic acids is 2. The molecule has 0 bridgehead atoms. The van der Waals surface area contributed by atoms with Crippen molar-refractivity contribution in [2.45, 2.75) is 0 Å². The standard InChI is InChI=1S/C7H8O4/c1-4-6(8)11-5(2)7(9)10-3/h4H,1-2H2,3H3. The Labute approximate surface area is 64.1 Å². The Kier molecular flexibility index (Phi) is 3.66. The van der Waals surface area contributed by atoms with Crippen LogP contribution in [0, 0.1) is 0 Å². The van der Waals surface area contributed by atoms with Crippen molar-refractivity contribution in [3.05, 3.63) is 25.0 Å². The van der Waals surface area contributed by atoms with Gasteiger partial charge < -0.3 is 9.47 Å². The lowest BCUT2D eigenvalue weighted by atomic mass is 10.5. The number of carbonyl (C=O) groups is 2. The molecule has 0 aliphatic carbocycles. The Balaban J connectivity index is 3.97. The van der Waals surface area contributed by atoms with Gasteiger partial charge in [-0.3, -0.25) is 0 Å². The lowest BCUT2D eigenvalue weighted by molar-refractivity contribution is -0.146. The Morgan fingerprint density at radius 1 is 1.45 bits per heavy atom. The first kappa shape index (κ1) is 9.42. The van der Waals surface area contributed by atoms with E-state index in [1.807, 2.05) is 0 Å². The molecular weight excluding hydrogens is 148 g/mol. The summed E-state index contributed by atoms with van der Waals surface area (Å²) < 4.78 is 8.53. The molecule has 0 saturated heterocycles. The normalized spacial score (nSPS) is 8.09. The third-order valence-corrected chi connectivity index (χ3v) is 0.804. The quantitative estimate of drug-likeness (QED) is 0.337. The van der Waals surface area contributed by atoms with Crippen molar-refractivity contribution >= 4 is 11.9 Å². The molecule has 11 heavy (non-hydrogen) atoms. The predicted octanol–water partition coefficient (Wildman–Crippen LogP) is 0.402. The molecule has 0 aliphatic heterocycles. The van der Waals surface area contributed by atoms with E-state index in [9.17, 15) is 9.59 Å². The Hall–Kier alpha value is -1.58. The highest BCUT2D eigenvalue weighted by atomic mass is 16.6. The van der Waals surface area contributed by atoms with Gasteiger partial charge in [0.05, 0.1) is 7.11 Å². The fourth-order valence-electron chi connectivity index (χ4n) is 0.319. The fraction of sp³-hybridized carbons (Fsp3) is 0.143. The van der Waals surface area contributed by atoms with E-state index in [1.54, 1.807) is 0 Å². The first-order chi connectivity index (χ1) is 5.11. The van der Waals surface area contributed by atoms with Gasteiger partial charge in [-0.1, -0.05) is 6.58 Å². The molecule has 0 unspecified atom stereocenters. The average Bonchev–Trinajstić information content (AvgIpc) is 2.02. The molecule has 0 aliphatic rings. The summed E-state index contributed by atoms with van der Waals surface area (Å²) in [5.74, 6) is -1.86. The fourth-order valence-corrected chi connectivity index (χ4v) is 0.319. The molecule has 0 rings (SSSR count). The molecule has 4 nitrogen and oxygen atoms in total. The van der Waals surface area contributed by atoms with Crippen LogP contribution >= 0.6 is 0 Å². The van der Waals surface area contributed by atoms with Crippen molar-refractivity contribution < 1.29 is 19.1 Å². The van der Waals surface area contributed by atoms with Gasteiger partial charge in [0.2, 0.25) is 5.76 Å². The zero-order valence-corrected chi connectivity index (χ0v) is 6.12. The van der Waals surface area contributed by atoms with Crippen LogP contribution in [0.2, 0.25) is 0 Å². The van der Waals surface area contributed by atoms with Crippen molar-refractivity contribution in [2.75, 3.05) is 7.11 Å². The molecule has 0 radical (unpaired) electrons. The highest BCUT2D eigenvalue weighted by Crippen LogP contribution is 1.96. The first-order valence-corrected chi connectivity index (χ1v) is 2.73. The number of methoxy groups -OCH3 is 1. The molecule has 0 fully saturated rings. The molecule has 0 N–H and O–H groups in total.